The fourth-order valence-electron chi connectivity index (χ4n) is 2.71. The van der Waals surface area contributed by atoms with Crippen LogP contribution in [0, 0.1) is 6.92 Å². The smallest absolute Gasteiger partial charge is 0.329 e. The minimum absolute atomic E-state index is 0.0437. The first-order chi connectivity index (χ1) is 10.6. The Hall–Kier alpha value is -2.14. The number of imidazole rings is 1. The second-order valence-corrected chi connectivity index (χ2v) is 5.77. The number of aryl methyl sites for hydroxylation is 1. The van der Waals surface area contributed by atoms with Crippen molar-refractivity contribution in [2.45, 2.75) is 25.8 Å². The minimum Gasteiger partial charge on any atom is -0.381 e. The highest BCUT2D eigenvalue weighted by Gasteiger charge is 2.23. The Morgan fingerprint density at radius 1 is 1.27 bits per heavy atom. The molecule has 116 valence electrons. The average Bonchev–Trinajstić information content (AvgIpc) is 3.05. The zero-order valence-corrected chi connectivity index (χ0v) is 13.0. The van der Waals surface area contributed by atoms with Gasteiger partial charge in [-0.3, -0.25) is 4.57 Å². The van der Waals surface area contributed by atoms with Crippen LogP contribution in [0.15, 0.2) is 36.8 Å². The standard InChI is InChI=1S/C17H21N3O2/c1-13-3-5-14(6-4-13)16-11-20(12-18-16)17(21)19(2)15-7-9-22-10-8-15/h3-6,11-12,15H,7-10H2,1-2H3. The maximum atomic E-state index is 12.6. The third-order valence-corrected chi connectivity index (χ3v) is 4.19. The molecule has 1 aromatic heterocycles. The fourth-order valence-corrected chi connectivity index (χ4v) is 2.71. The molecule has 1 aromatic carbocycles. The molecule has 0 saturated carbocycles. The van der Waals surface area contributed by atoms with Crippen molar-refractivity contribution in [2.75, 3.05) is 20.3 Å². The summed E-state index contributed by atoms with van der Waals surface area (Å²) in [6, 6.07) is 8.34. The first-order valence-corrected chi connectivity index (χ1v) is 7.61. The molecule has 5 heteroatoms. The lowest BCUT2D eigenvalue weighted by Gasteiger charge is -2.30. The van der Waals surface area contributed by atoms with E-state index in [2.05, 4.69) is 11.9 Å². The van der Waals surface area contributed by atoms with E-state index in [-0.39, 0.29) is 12.1 Å². The number of ether oxygens (including phenoxy) is 1. The van der Waals surface area contributed by atoms with Gasteiger partial charge in [-0.1, -0.05) is 29.8 Å². The number of nitrogens with zero attached hydrogens (tertiary/aromatic N) is 3. The summed E-state index contributed by atoms with van der Waals surface area (Å²) in [4.78, 5) is 18.7. The lowest BCUT2D eigenvalue weighted by molar-refractivity contribution is 0.0528. The topological polar surface area (TPSA) is 47.4 Å². The molecule has 1 aliphatic rings. The third kappa shape index (κ3) is 3.04. The Kier molecular flexibility index (Phi) is 4.24. The molecule has 1 saturated heterocycles. The van der Waals surface area contributed by atoms with E-state index in [0.29, 0.717) is 0 Å². The zero-order chi connectivity index (χ0) is 15.5. The van der Waals surface area contributed by atoms with Crippen molar-refractivity contribution in [2.24, 2.45) is 0 Å². The highest BCUT2D eigenvalue weighted by Crippen LogP contribution is 2.19. The van der Waals surface area contributed by atoms with Gasteiger partial charge in [0.15, 0.2) is 0 Å². The SMILES string of the molecule is Cc1ccc(-c2cn(C(=O)N(C)C3CCOCC3)cn2)cc1. The van der Waals surface area contributed by atoms with Crippen molar-refractivity contribution in [3.05, 3.63) is 42.4 Å². The Morgan fingerprint density at radius 3 is 2.64 bits per heavy atom. The van der Waals surface area contributed by atoms with Gasteiger partial charge < -0.3 is 9.64 Å². The summed E-state index contributed by atoms with van der Waals surface area (Å²) < 4.78 is 6.91. The van der Waals surface area contributed by atoms with Crippen molar-refractivity contribution in [1.82, 2.24) is 14.5 Å². The van der Waals surface area contributed by atoms with Crippen molar-refractivity contribution >= 4 is 6.03 Å². The van der Waals surface area contributed by atoms with E-state index < -0.39 is 0 Å². The summed E-state index contributed by atoms with van der Waals surface area (Å²) in [5.74, 6) is 0. The quantitative estimate of drug-likeness (QED) is 0.856. The summed E-state index contributed by atoms with van der Waals surface area (Å²) in [5, 5.41) is 0. The first-order valence-electron chi connectivity index (χ1n) is 7.61. The molecule has 1 aliphatic heterocycles. The molecule has 0 bridgehead atoms. The summed E-state index contributed by atoms with van der Waals surface area (Å²) in [6.07, 6.45) is 5.17. The summed E-state index contributed by atoms with van der Waals surface area (Å²) in [5.41, 5.74) is 3.04. The van der Waals surface area contributed by atoms with Gasteiger partial charge in [0.2, 0.25) is 0 Å². The second kappa shape index (κ2) is 6.32. The molecule has 5 nitrogen and oxygen atoms in total. The van der Waals surface area contributed by atoms with E-state index in [1.165, 1.54) is 5.56 Å². The van der Waals surface area contributed by atoms with Gasteiger partial charge in [-0.25, -0.2) is 9.78 Å². The van der Waals surface area contributed by atoms with Gasteiger partial charge in [0, 0.05) is 38.1 Å². The molecule has 0 atom stereocenters. The average molecular weight is 299 g/mol. The monoisotopic (exact) mass is 299 g/mol. The first kappa shape index (κ1) is 14.8. The molecule has 0 radical (unpaired) electrons. The van der Waals surface area contributed by atoms with Crippen LogP contribution >= 0.6 is 0 Å². The number of carbonyl (C=O) groups excluding carboxylic acids is 1. The summed E-state index contributed by atoms with van der Waals surface area (Å²) in [7, 11) is 1.85. The molecule has 1 amide bonds. The van der Waals surface area contributed by atoms with Crippen molar-refractivity contribution in [1.29, 1.82) is 0 Å². The predicted octanol–water partition coefficient (Wildman–Crippen LogP) is 2.94. The second-order valence-electron chi connectivity index (χ2n) is 5.77. The molecule has 2 heterocycles. The lowest BCUT2D eigenvalue weighted by atomic mass is 10.1. The summed E-state index contributed by atoms with van der Waals surface area (Å²) in [6.45, 7) is 3.50. The molecular weight excluding hydrogens is 278 g/mol. The number of rotatable bonds is 2. The van der Waals surface area contributed by atoms with Gasteiger partial charge in [0.05, 0.1) is 5.69 Å². The van der Waals surface area contributed by atoms with Crippen LogP contribution in [0.3, 0.4) is 0 Å². The number of benzene rings is 1. The molecule has 3 rings (SSSR count). The largest absolute Gasteiger partial charge is 0.381 e. The highest BCUT2D eigenvalue weighted by atomic mass is 16.5. The number of carbonyl (C=O) groups is 1. The molecule has 0 N–H and O–H groups in total. The van der Waals surface area contributed by atoms with Crippen LogP contribution in [-0.4, -0.2) is 46.8 Å². The van der Waals surface area contributed by atoms with E-state index in [9.17, 15) is 4.79 Å². The van der Waals surface area contributed by atoms with Crippen molar-refractivity contribution in [3.8, 4) is 11.3 Å². The van der Waals surface area contributed by atoms with E-state index in [0.717, 1.165) is 37.3 Å². The maximum absolute atomic E-state index is 12.6. The van der Waals surface area contributed by atoms with Gasteiger partial charge in [-0.05, 0) is 19.8 Å². The summed E-state index contributed by atoms with van der Waals surface area (Å²) >= 11 is 0. The van der Waals surface area contributed by atoms with E-state index in [1.807, 2.05) is 31.3 Å². The van der Waals surface area contributed by atoms with Crippen molar-refractivity contribution < 1.29 is 9.53 Å². The van der Waals surface area contributed by atoms with Gasteiger partial charge in [-0.2, -0.15) is 0 Å². The van der Waals surface area contributed by atoms with E-state index >= 15 is 0 Å². The molecule has 22 heavy (non-hydrogen) atoms. The Morgan fingerprint density at radius 2 is 1.95 bits per heavy atom. The van der Waals surface area contributed by atoms with Crippen LogP contribution in [-0.2, 0) is 4.74 Å². The predicted molar refractivity (Wildman–Crippen MR) is 84.8 cm³/mol. The number of hydrogen-bond acceptors (Lipinski definition) is 3. The van der Waals surface area contributed by atoms with E-state index in [4.69, 9.17) is 4.74 Å². The van der Waals surface area contributed by atoms with Gasteiger partial charge in [0.1, 0.15) is 6.33 Å². The Labute approximate surface area is 130 Å². The van der Waals surface area contributed by atoms with Crippen LogP contribution in [0.4, 0.5) is 4.79 Å². The Balaban J connectivity index is 1.75. The van der Waals surface area contributed by atoms with Crippen LogP contribution < -0.4 is 0 Å². The molecule has 2 aromatic rings. The normalized spacial score (nSPS) is 15.7. The number of amides is 1. The fraction of sp³-hybridized carbons (Fsp3) is 0.412. The maximum Gasteiger partial charge on any atom is 0.329 e. The number of hydrogen-bond donors (Lipinski definition) is 0. The van der Waals surface area contributed by atoms with Crippen LogP contribution in [0.5, 0.6) is 0 Å². The highest BCUT2D eigenvalue weighted by molar-refractivity contribution is 5.78. The minimum atomic E-state index is -0.0437. The lowest BCUT2D eigenvalue weighted by Crippen LogP contribution is -2.42. The van der Waals surface area contributed by atoms with Gasteiger partial charge >= 0.3 is 6.03 Å². The Bertz CT molecular complexity index is 642. The number of aromatic nitrogens is 2. The molecule has 0 aliphatic carbocycles. The molecular formula is C17H21N3O2. The van der Waals surface area contributed by atoms with Gasteiger partial charge in [0.25, 0.3) is 0 Å². The molecule has 0 spiro atoms. The van der Waals surface area contributed by atoms with Crippen LogP contribution in [0.25, 0.3) is 11.3 Å². The van der Waals surface area contributed by atoms with Crippen LogP contribution in [0.1, 0.15) is 18.4 Å². The zero-order valence-electron chi connectivity index (χ0n) is 13.0. The third-order valence-electron chi connectivity index (χ3n) is 4.19. The van der Waals surface area contributed by atoms with Crippen LogP contribution in [0.2, 0.25) is 0 Å². The van der Waals surface area contributed by atoms with E-state index in [1.54, 1.807) is 22.0 Å². The molecule has 1 fully saturated rings. The molecule has 0 unspecified atom stereocenters. The van der Waals surface area contributed by atoms with Gasteiger partial charge in [-0.15, -0.1) is 0 Å². The van der Waals surface area contributed by atoms with Crippen molar-refractivity contribution in [3.63, 3.8) is 0 Å².